The van der Waals surface area contributed by atoms with Gasteiger partial charge in [0.25, 0.3) is 0 Å². The highest BCUT2D eigenvalue weighted by Crippen LogP contribution is 2.13. The van der Waals surface area contributed by atoms with Crippen molar-refractivity contribution in [2.24, 2.45) is 5.16 Å². The third kappa shape index (κ3) is 1.21. The molecule has 1 heterocycles. The van der Waals surface area contributed by atoms with Crippen molar-refractivity contribution in [3.05, 3.63) is 11.0 Å². The molecular weight excluding hydrogens is 150 g/mol. The first-order valence-electron chi connectivity index (χ1n) is 2.75. The average Bonchev–Trinajstić information content (AvgIpc) is 2.20. The molecule has 0 aromatic carbocycles. The average molecular weight is 157 g/mol. The van der Waals surface area contributed by atoms with E-state index in [4.69, 9.17) is 0 Å². The fourth-order valence-electron chi connectivity index (χ4n) is 0.607. The summed E-state index contributed by atoms with van der Waals surface area (Å²) >= 11 is 1.46. The molecule has 0 atom stereocenters. The molecule has 0 spiro atoms. The second-order valence-corrected chi connectivity index (χ2v) is 2.53. The van der Waals surface area contributed by atoms with Crippen LogP contribution in [0.5, 0.6) is 0 Å². The zero-order valence-electron chi connectivity index (χ0n) is 5.75. The van der Waals surface area contributed by atoms with Crippen LogP contribution in [0.4, 0.5) is 0 Å². The van der Waals surface area contributed by atoms with Gasteiger partial charge in [-0.15, -0.1) is 11.8 Å². The van der Waals surface area contributed by atoms with Gasteiger partial charge in [-0.3, -0.25) is 0 Å². The van der Waals surface area contributed by atoms with E-state index < -0.39 is 0 Å². The molecule has 0 unspecified atom stereocenters. The van der Waals surface area contributed by atoms with Crippen molar-refractivity contribution in [3.8, 4) is 0 Å². The van der Waals surface area contributed by atoms with E-state index in [1.165, 1.54) is 11.8 Å². The van der Waals surface area contributed by atoms with Crippen LogP contribution in [0.3, 0.4) is 0 Å². The maximum absolute atomic E-state index is 10.8. The number of nitrogens with zero attached hydrogens (tertiary/aromatic N) is 1. The Morgan fingerprint density at radius 3 is 2.80 bits per heavy atom. The van der Waals surface area contributed by atoms with Crippen molar-refractivity contribution in [3.63, 3.8) is 0 Å². The van der Waals surface area contributed by atoms with Crippen LogP contribution in [0.1, 0.15) is 6.92 Å². The van der Waals surface area contributed by atoms with Crippen LogP contribution >= 0.6 is 11.8 Å². The maximum atomic E-state index is 10.8. The molecule has 1 aliphatic rings. The van der Waals surface area contributed by atoms with Crippen molar-refractivity contribution in [2.75, 3.05) is 6.26 Å². The van der Waals surface area contributed by atoms with Gasteiger partial charge in [-0.25, -0.2) is 4.79 Å². The lowest BCUT2D eigenvalue weighted by atomic mass is 10.2. The third-order valence-electron chi connectivity index (χ3n) is 1.11. The third-order valence-corrected chi connectivity index (χ3v) is 1.58. The Hall–Kier alpha value is -0.770. The SMILES string of the molecule is CS/C=C1\C(=O)ON=C1C. The summed E-state index contributed by atoms with van der Waals surface area (Å²) in [7, 11) is 0. The summed E-state index contributed by atoms with van der Waals surface area (Å²) in [6.45, 7) is 1.74. The first kappa shape index (κ1) is 7.34. The summed E-state index contributed by atoms with van der Waals surface area (Å²) in [5.74, 6) is -0.355. The predicted molar refractivity (Wildman–Crippen MR) is 40.8 cm³/mol. The molecule has 0 radical (unpaired) electrons. The summed E-state index contributed by atoms with van der Waals surface area (Å²) in [6.07, 6.45) is 1.88. The lowest BCUT2D eigenvalue weighted by Crippen LogP contribution is -2.00. The van der Waals surface area contributed by atoms with Gasteiger partial charge in [-0.1, -0.05) is 5.16 Å². The fourth-order valence-corrected chi connectivity index (χ4v) is 1.11. The number of carbonyl (C=O) groups excluding carboxylic acids is 1. The molecule has 0 aliphatic carbocycles. The van der Waals surface area contributed by atoms with E-state index in [2.05, 4.69) is 9.99 Å². The van der Waals surface area contributed by atoms with E-state index >= 15 is 0 Å². The van der Waals surface area contributed by atoms with Gasteiger partial charge in [0.1, 0.15) is 0 Å². The van der Waals surface area contributed by atoms with Gasteiger partial charge in [-0.05, 0) is 18.6 Å². The molecule has 0 saturated heterocycles. The molecule has 54 valence electrons. The highest BCUT2D eigenvalue weighted by Gasteiger charge is 2.20. The minimum atomic E-state index is -0.355. The monoisotopic (exact) mass is 157 g/mol. The lowest BCUT2D eigenvalue weighted by Gasteiger charge is -1.87. The van der Waals surface area contributed by atoms with Crippen molar-refractivity contribution < 1.29 is 9.63 Å². The summed E-state index contributed by atoms with van der Waals surface area (Å²) in [6, 6.07) is 0. The quantitative estimate of drug-likeness (QED) is 0.423. The Labute approximate surface area is 63.1 Å². The predicted octanol–water partition coefficient (Wildman–Crippen LogP) is 1.17. The van der Waals surface area contributed by atoms with Gasteiger partial charge in [0.15, 0.2) is 0 Å². The highest BCUT2D eigenvalue weighted by atomic mass is 32.2. The molecule has 0 saturated carbocycles. The molecule has 3 nitrogen and oxygen atoms in total. The molecule has 4 heteroatoms. The fraction of sp³-hybridized carbons (Fsp3) is 0.333. The number of carbonyl (C=O) groups is 1. The van der Waals surface area contributed by atoms with Gasteiger partial charge in [0.05, 0.1) is 11.3 Å². The van der Waals surface area contributed by atoms with Crippen LogP contribution in [0.2, 0.25) is 0 Å². The molecule has 0 aromatic rings. The molecule has 10 heavy (non-hydrogen) atoms. The topological polar surface area (TPSA) is 38.7 Å². The van der Waals surface area contributed by atoms with Crippen molar-refractivity contribution >= 4 is 23.4 Å². The van der Waals surface area contributed by atoms with Crippen LogP contribution in [0.25, 0.3) is 0 Å². The first-order chi connectivity index (χ1) is 4.75. The molecule has 0 amide bonds. The van der Waals surface area contributed by atoms with Crippen molar-refractivity contribution in [2.45, 2.75) is 6.92 Å². The van der Waals surface area contributed by atoms with Crippen molar-refractivity contribution in [1.29, 1.82) is 0 Å². The van der Waals surface area contributed by atoms with Crippen LogP contribution in [-0.4, -0.2) is 17.9 Å². The molecule has 0 fully saturated rings. The van der Waals surface area contributed by atoms with Crippen LogP contribution in [-0.2, 0) is 9.63 Å². The Bertz CT molecular complexity index is 220. The van der Waals surface area contributed by atoms with E-state index in [1.54, 1.807) is 12.3 Å². The van der Waals surface area contributed by atoms with Crippen LogP contribution < -0.4 is 0 Å². The summed E-state index contributed by atoms with van der Waals surface area (Å²) in [5, 5.41) is 5.23. The number of hydrogen-bond acceptors (Lipinski definition) is 4. The molecule has 1 rings (SSSR count). The van der Waals surface area contributed by atoms with Crippen LogP contribution in [0, 0.1) is 0 Å². The standard InChI is InChI=1S/C6H7NO2S/c1-4-5(3-10-2)6(8)9-7-4/h3H,1-2H3/b5-3-. The second-order valence-electron chi connectivity index (χ2n) is 1.82. The number of thioether (sulfide) groups is 1. The second kappa shape index (κ2) is 2.88. The molecule has 1 aliphatic heterocycles. The highest BCUT2D eigenvalue weighted by molar-refractivity contribution is 8.01. The van der Waals surface area contributed by atoms with Gasteiger partial charge in [0.2, 0.25) is 0 Å². The number of oxime groups is 1. The smallest absolute Gasteiger partial charge is 0.312 e. The largest absolute Gasteiger partial charge is 0.368 e. The minimum absolute atomic E-state index is 0.355. The normalized spacial score (nSPS) is 21.2. The van der Waals surface area contributed by atoms with Gasteiger partial charge in [0, 0.05) is 0 Å². The molecule has 0 N–H and O–H groups in total. The van der Waals surface area contributed by atoms with E-state index in [0.717, 1.165) is 0 Å². The van der Waals surface area contributed by atoms with E-state index in [-0.39, 0.29) is 5.97 Å². The summed E-state index contributed by atoms with van der Waals surface area (Å²) in [5.41, 5.74) is 1.21. The molecule has 0 aromatic heterocycles. The Balaban J connectivity index is 2.84. The maximum Gasteiger partial charge on any atom is 0.368 e. The number of hydrogen-bond donors (Lipinski definition) is 0. The first-order valence-corrected chi connectivity index (χ1v) is 4.03. The van der Waals surface area contributed by atoms with Crippen LogP contribution in [0.15, 0.2) is 16.1 Å². The molecular formula is C6H7NO2S. The Morgan fingerprint density at radius 1 is 1.70 bits per heavy atom. The van der Waals surface area contributed by atoms with Crippen molar-refractivity contribution in [1.82, 2.24) is 0 Å². The zero-order valence-corrected chi connectivity index (χ0v) is 6.57. The number of rotatable bonds is 1. The van der Waals surface area contributed by atoms with E-state index in [1.807, 2.05) is 6.26 Å². The van der Waals surface area contributed by atoms with Gasteiger partial charge < -0.3 is 4.84 Å². The van der Waals surface area contributed by atoms with Gasteiger partial charge in [-0.2, -0.15) is 0 Å². The van der Waals surface area contributed by atoms with E-state index in [0.29, 0.717) is 11.3 Å². The molecule has 0 bridgehead atoms. The summed E-state index contributed by atoms with van der Waals surface area (Å²) < 4.78 is 0. The zero-order chi connectivity index (χ0) is 7.56. The lowest BCUT2D eigenvalue weighted by molar-refractivity contribution is -0.136. The van der Waals surface area contributed by atoms with Gasteiger partial charge >= 0.3 is 5.97 Å². The summed E-state index contributed by atoms with van der Waals surface area (Å²) in [4.78, 5) is 15.2. The minimum Gasteiger partial charge on any atom is -0.312 e. The van der Waals surface area contributed by atoms with E-state index in [9.17, 15) is 4.79 Å². The Morgan fingerprint density at radius 2 is 2.40 bits per heavy atom. The Kier molecular flexibility index (Phi) is 2.11.